The van der Waals surface area contributed by atoms with Crippen molar-refractivity contribution in [3.8, 4) is 11.5 Å². The van der Waals surface area contributed by atoms with Gasteiger partial charge in [0.25, 0.3) is 0 Å². The lowest BCUT2D eigenvalue weighted by molar-refractivity contribution is 0.103. The highest BCUT2D eigenvalue weighted by atomic mass is 16.3. The van der Waals surface area contributed by atoms with E-state index in [-0.39, 0.29) is 22.8 Å². The number of benzene rings is 2. The van der Waals surface area contributed by atoms with Crippen molar-refractivity contribution in [2.45, 2.75) is 13.8 Å². The number of hydrogen-bond donors (Lipinski definition) is 2. The molecule has 0 spiro atoms. The third-order valence-corrected chi connectivity index (χ3v) is 2.71. The predicted molar refractivity (Wildman–Crippen MR) is 69.1 cm³/mol. The van der Waals surface area contributed by atoms with E-state index in [9.17, 15) is 15.0 Å². The molecule has 0 atom stereocenters. The van der Waals surface area contributed by atoms with Crippen molar-refractivity contribution in [3.63, 3.8) is 0 Å². The van der Waals surface area contributed by atoms with E-state index in [1.54, 1.807) is 12.1 Å². The third kappa shape index (κ3) is 2.35. The van der Waals surface area contributed by atoms with E-state index in [2.05, 4.69) is 0 Å². The van der Waals surface area contributed by atoms with E-state index in [1.165, 1.54) is 12.1 Å². The van der Waals surface area contributed by atoms with Crippen LogP contribution >= 0.6 is 0 Å². The van der Waals surface area contributed by atoms with Gasteiger partial charge >= 0.3 is 0 Å². The van der Waals surface area contributed by atoms with Gasteiger partial charge in [0.05, 0.1) is 5.56 Å². The molecule has 0 aliphatic heterocycles. The standard InChI is InChI=1S/C15H14O3/c1-9-5-10(2)7-11(6-9)15(18)13-4-3-12(16)8-14(13)17/h3-8,16-17H,1-2H3. The first-order chi connectivity index (χ1) is 8.47. The molecule has 0 saturated carbocycles. The van der Waals surface area contributed by atoms with Crippen LogP contribution in [0.15, 0.2) is 36.4 Å². The highest BCUT2D eigenvalue weighted by Crippen LogP contribution is 2.25. The number of ketones is 1. The molecule has 0 bridgehead atoms. The fourth-order valence-corrected chi connectivity index (χ4v) is 1.97. The van der Waals surface area contributed by atoms with Crippen LogP contribution < -0.4 is 0 Å². The van der Waals surface area contributed by atoms with Crippen LogP contribution in [0.25, 0.3) is 0 Å². The monoisotopic (exact) mass is 242 g/mol. The SMILES string of the molecule is Cc1cc(C)cc(C(=O)c2ccc(O)cc2O)c1. The Kier molecular flexibility index (Phi) is 3.06. The van der Waals surface area contributed by atoms with Crippen LogP contribution in [0.3, 0.4) is 0 Å². The molecular weight excluding hydrogens is 228 g/mol. The summed E-state index contributed by atoms with van der Waals surface area (Å²) in [5, 5.41) is 18.9. The van der Waals surface area contributed by atoms with Crippen LogP contribution in [-0.2, 0) is 0 Å². The number of hydrogen-bond acceptors (Lipinski definition) is 3. The van der Waals surface area contributed by atoms with E-state index in [1.807, 2.05) is 19.9 Å². The lowest BCUT2D eigenvalue weighted by atomic mass is 9.99. The molecule has 0 aliphatic carbocycles. The van der Waals surface area contributed by atoms with Crippen molar-refractivity contribution in [2.75, 3.05) is 0 Å². The zero-order valence-electron chi connectivity index (χ0n) is 10.3. The highest BCUT2D eigenvalue weighted by Gasteiger charge is 2.14. The molecule has 2 N–H and O–H groups in total. The first-order valence-corrected chi connectivity index (χ1v) is 5.62. The molecule has 92 valence electrons. The van der Waals surface area contributed by atoms with Crippen molar-refractivity contribution in [2.24, 2.45) is 0 Å². The van der Waals surface area contributed by atoms with Crippen molar-refractivity contribution >= 4 is 5.78 Å². The predicted octanol–water partition coefficient (Wildman–Crippen LogP) is 2.95. The molecule has 3 heteroatoms. The van der Waals surface area contributed by atoms with Gasteiger partial charge in [-0.05, 0) is 38.1 Å². The fourth-order valence-electron chi connectivity index (χ4n) is 1.97. The van der Waals surface area contributed by atoms with Crippen LogP contribution in [0.2, 0.25) is 0 Å². The van der Waals surface area contributed by atoms with Gasteiger partial charge < -0.3 is 10.2 Å². The molecule has 18 heavy (non-hydrogen) atoms. The number of carbonyl (C=O) groups excluding carboxylic acids is 1. The molecule has 3 nitrogen and oxygen atoms in total. The lowest BCUT2D eigenvalue weighted by Crippen LogP contribution is -2.02. The Balaban J connectivity index is 2.47. The number of aromatic hydroxyl groups is 2. The number of carbonyl (C=O) groups is 1. The van der Waals surface area contributed by atoms with E-state index < -0.39 is 0 Å². The summed E-state index contributed by atoms with van der Waals surface area (Å²) in [5.41, 5.74) is 2.72. The van der Waals surface area contributed by atoms with Gasteiger partial charge in [-0.2, -0.15) is 0 Å². The average molecular weight is 242 g/mol. The Labute approximate surface area is 105 Å². The topological polar surface area (TPSA) is 57.5 Å². The first kappa shape index (κ1) is 12.2. The van der Waals surface area contributed by atoms with Gasteiger partial charge in [0.15, 0.2) is 5.78 Å². The molecule has 2 rings (SSSR count). The molecule has 2 aromatic carbocycles. The van der Waals surface area contributed by atoms with Crippen molar-refractivity contribution in [1.29, 1.82) is 0 Å². The molecule has 0 aliphatic rings. The first-order valence-electron chi connectivity index (χ1n) is 5.62. The van der Waals surface area contributed by atoms with Crippen LogP contribution in [-0.4, -0.2) is 16.0 Å². The smallest absolute Gasteiger partial charge is 0.196 e. The molecule has 0 amide bonds. The maximum absolute atomic E-state index is 12.2. The van der Waals surface area contributed by atoms with Gasteiger partial charge in [0.2, 0.25) is 0 Å². The summed E-state index contributed by atoms with van der Waals surface area (Å²) in [7, 11) is 0. The van der Waals surface area contributed by atoms with Gasteiger partial charge in [-0.15, -0.1) is 0 Å². The van der Waals surface area contributed by atoms with Gasteiger partial charge in [0.1, 0.15) is 11.5 Å². The molecule has 0 heterocycles. The minimum absolute atomic E-state index is 0.0653. The summed E-state index contributed by atoms with van der Waals surface area (Å²) >= 11 is 0. The van der Waals surface area contributed by atoms with Crippen LogP contribution in [0.4, 0.5) is 0 Å². The zero-order valence-corrected chi connectivity index (χ0v) is 10.3. The Morgan fingerprint density at radius 2 is 1.56 bits per heavy atom. The van der Waals surface area contributed by atoms with Gasteiger partial charge in [-0.25, -0.2) is 0 Å². The molecule has 0 fully saturated rings. The minimum atomic E-state index is -0.251. The molecular formula is C15H14O3. The van der Waals surface area contributed by atoms with Crippen molar-refractivity contribution < 1.29 is 15.0 Å². The quantitative estimate of drug-likeness (QED) is 0.796. The maximum Gasteiger partial charge on any atom is 0.196 e. The van der Waals surface area contributed by atoms with Gasteiger partial charge in [0, 0.05) is 11.6 Å². The number of aryl methyl sites for hydroxylation is 2. The number of phenols is 2. The second kappa shape index (κ2) is 4.53. The maximum atomic E-state index is 12.2. The summed E-state index contributed by atoms with van der Waals surface area (Å²) in [6.07, 6.45) is 0. The van der Waals surface area contributed by atoms with E-state index in [4.69, 9.17) is 0 Å². The molecule has 0 unspecified atom stereocenters. The van der Waals surface area contributed by atoms with Crippen LogP contribution in [0.1, 0.15) is 27.0 Å². The summed E-state index contributed by atoms with van der Waals surface area (Å²) in [6.45, 7) is 3.83. The highest BCUT2D eigenvalue weighted by molar-refractivity contribution is 6.10. The average Bonchev–Trinajstić information content (AvgIpc) is 2.26. The Morgan fingerprint density at radius 1 is 0.944 bits per heavy atom. The van der Waals surface area contributed by atoms with E-state index in [0.29, 0.717) is 5.56 Å². The molecule has 0 aromatic heterocycles. The number of phenolic OH excluding ortho intramolecular Hbond substituents is 2. The normalized spacial score (nSPS) is 10.3. The summed E-state index contributed by atoms with van der Waals surface area (Å²) in [6, 6.07) is 9.51. The Morgan fingerprint density at radius 3 is 2.11 bits per heavy atom. The van der Waals surface area contributed by atoms with Gasteiger partial charge in [-0.3, -0.25) is 4.79 Å². The third-order valence-electron chi connectivity index (χ3n) is 2.71. The van der Waals surface area contributed by atoms with Crippen molar-refractivity contribution in [1.82, 2.24) is 0 Å². The largest absolute Gasteiger partial charge is 0.508 e. The Hall–Kier alpha value is -2.29. The molecule has 0 saturated heterocycles. The minimum Gasteiger partial charge on any atom is -0.508 e. The summed E-state index contributed by atoms with van der Waals surface area (Å²) < 4.78 is 0. The molecule has 2 aromatic rings. The Bertz CT molecular complexity index is 595. The zero-order chi connectivity index (χ0) is 13.3. The van der Waals surface area contributed by atoms with Crippen LogP contribution in [0.5, 0.6) is 11.5 Å². The van der Waals surface area contributed by atoms with Crippen LogP contribution in [0, 0.1) is 13.8 Å². The van der Waals surface area contributed by atoms with E-state index in [0.717, 1.165) is 17.2 Å². The number of rotatable bonds is 2. The van der Waals surface area contributed by atoms with E-state index >= 15 is 0 Å². The summed E-state index contributed by atoms with van der Waals surface area (Å²) in [5.74, 6) is -0.525. The fraction of sp³-hybridized carbons (Fsp3) is 0.133. The second-order valence-corrected chi connectivity index (χ2v) is 4.41. The second-order valence-electron chi connectivity index (χ2n) is 4.41. The molecule has 0 radical (unpaired) electrons. The van der Waals surface area contributed by atoms with Gasteiger partial charge in [-0.1, -0.05) is 17.2 Å². The summed E-state index contributed by atoms with van der Waals surface area (Å²) in [4.78, 5) is 12.2. The van der Waals surface area contributed by atoms with Crippen molar-refractivity contribution in [3.05, 3.63) is 58.7 Å². The lowest BCUT2D eigenvalue weighted by Gasteiger charge is -2.06.